The van der Waals surface area contributed by atoms with Crippen LogP contribution in [0.3, 0.4) is 0 Å². The second-order valence-electron chi connectivity index (χ2n) is 12.4. The second-order valence-corrected chi connectivity index (χ2v) is 12.4. The molecule has 0 aliphatic heterocycles. The zero-order valence-corrected chi connectivity index (χ0v) is 25.3. The van der Waals surface area contributed by atoms with Gasteiger partial charge in [-0.2, -0.15) is 0 Å². The predicted octanol–water partition coefficient (Wildman–Crippen LogP) is 8.44. The maximum Gasteiger partial charge on any atom is 0.390 e. The van der Waals surface area contributed by atoms with Crippen molar-refractivity contribution in [2.24, 2.45) is 0 Å². The van der Waals surface area contributed by atoms with Crippen LogP contribution < -0.4 is 9.47 Å². The molecular formula is C36H37NO5. The summed E-state index contributed by atoms with van der Waals surface area (Å²) in [6, 6.07) is 22.0. The highest BCUT2D eigenvalue weighted by atomic mass is 16.6. The number of hydrogen-bond acceptors (Lipinski definition) is 5. The Labute approximate surface area is 247 Å². The zero-order valence-electron chi connectivity index (χ0n) is 25.3. The van der Waals surface area contributed by atoms with E-state index in [-0.39, 0.29) is 22.3 Å². The summed E-state index contributed by atoms with van der Waals surface area (Å²) in [5.74, 6) is 5.54. The van der Waals surface area contributed by atoms with Crippen molar-refractivity contribution in [3.8, 4) is 23.3 Å². The lowest BCUT2D eigenvalue weighted by Crippen LogP contribution is -2.17. The van der Waals surface area contributed by atoms with E-state index in [1.807, 2.05) is 18.2 Å². The molecule has 0 amide bonds. The van der Waals surface area contributed by atoms with Crippen LogP contribution in [0.4, 0.5) is 5.69 Å². The maximum atomic E-state index is 12.6. The molecular weight excluding hydrogens is 526 g/mol. The minimum atomic E-state index is -0.773. The first-order chi connectivity index (χ1) is 19.7. The fraction of sp³-hybridized carbons (Fsp3) is 0.306. The highest BCUT2D eigenvalue weighted by Gasteiger charge is 2.21. The second kappa shape index (κ2) is 12.1. The van der Waals surface area contributed by atoms with Crippen LogP contribution in [0.5, 0.6) is 11.5 Å². The van der Waals surface area contributed by atoms with Gasteiger partial charge in [-0.05, 0) is 63.1 Å². The Bertz CT molecular complexity index is 1660. The molecule has 4 rings (SSSR count). The largest absolute Gasteiger partial charge is 0.488 e. The lowest BCUT2D eigenvalue weighted by atomic mass is 9.79. The molecule has 4 aromatic carbocycles. The highest BCUT2D eigenvalue weighted by Crippen LogP contribution is 2.32. The minimum absolute atomic E-state index is 0.0172. The molecule has 0 spiro atoms. The average Bonchev–Trinajstić information content (AvgIpc) is 2.93. The van der Waals surface area contributed by atoms with Crippen molar-refractivity contribution >= 4 is 22.4 Å². The van der Waals surface area contributed by atoms with Gasteiger partial charge in [-0.25, -0.2) is 4.79 Å². The Hall–Kier alpha value is -4.63. The molecule has 0 radical (unpaired) electrons. The van der Waals surface area contributed by atoms with E-state index < -0.39 is 10.9 Å². The van der Waals surface area contributed by atoms with Crippen molar-refractivity contribution in [3.05, 3.63) is 111 Å². The van der Waals surface area contributed by atoms with Gasteiger partial charge in [0.05, 0.1) is 10.5 Å². The van der Waals surface area contributed by atoms with Crippen molar-refractivity contribution in [1.29, 1.82) is 0 Å². The maximum absolute atomic E-state index is 12.6. The smallest absolute Gasteiger partial charge is 0.390 e. The summed E-state index contributed by atoms with van der Waals surface area (Å²) in [6.45, 7) is 15.7. The van der Waals surface area contributed by atoms with Crippen molar-refractivity contribution in [2.45, 2.75) is 72.3 Å². The topological polar surface area (TPSA) is 78.7 Å². The summed E-state index contributed by atoms with van der Waals surface area (Å²) in [6.07, 6.45) is 0.900. The van der Waals surface area contributed by atoms with E-state index in [1.54, 1.807) is 0 Å². The molecule has 0 saturated carbocycles. The number of benzene rings is 4. The van der Waals surface area contributed by atoms with Crippen molar-refractivity contribution < 1.29 is 19.2 Å². The van der Waals surface area contributed by atoms with E-state index >= 15 is 0 Å². The molecule has 0 N–H and O–H groups in total. The number of ether oxygens (including phenoxy) is 2. The van der Waals surface area contributed by atoms with Crippen LogP contribution in [-0.2, 0) is 28.7 Å². The fourth-order valence-corrected chi connectivity index (χ4v) is 4.51. The molecule has 4 aromatic rings. The molecule has 0 aliphatic carbocycles. The number of hydrogen-bond donors (Lipinski definition) is 0. The van der Waals surface area contributed by atoms with Crippen LogP contribution in [0.15, 0.2) is 72.8 Å². The molecule has 216 valence electrons. The number of nitrogens with zero attached hydrogens (tertiary/aromatic N) is 1. The Kier molecular flexibility index (Phi) is 8.72. The highest BCUT2D eigenvalue weighted by molar-refractivity contribution is 5.95. The summed E-state index contributed by atoms with van der Waals surface area (Å²) >= 11 is 0. The molecule has 0 fully saturated rings. The van der Waals surface area contributed by atoms with E-state index in [9.17, 15) is 14.9 Å². The zero-order chi connectivity index (χ0) is 30.7. The molecule has 0 unspecified atom stereocenters. The molecule has 6 nitrogen and oxygen atoms in total. The predicted molar refractivity (Wildman–Crippen MR) is 167 cm³/mol. The van der Waals surface area contributed by atoms with Crippen molar-refractivity contribution in [1.82, 2.24) is 0 Å². The fourth-order valence-electron chi connectivity index (χ4n) is 4.51. The molecule has 0 heterocycles. The van der Waals surface area contributed by atoms with E-state index in [4.69, 9.17) is 9.47 Å². The van der Waals surface area contributed by atoms with Gasteiger partial charge < -0.3 is 9.47 Å². The summed E-state index contributed by atoms with van der Waals surface area (Å²) < 4.78 is 11.7. The van der Waals surface area contributed by atoms with Gasteiger partial charge in [0.25, 0.3) is 5.69 Å². The Morgan fingerprint density at radius 2 is 1.48 bits per heavy atom. The first kappa shape index (κ1) is 30.3. The Morgan fingerprint density at radius 3 is 2.05 bits per heavy atom. The van der Waals surface area contributed by atoms with Gasteiger partial charge in [0, 0.05) is 23.4 Å². The van der Waals surface area contributed by atoms with Crippen LogP contribution >= 0.6 is 0 Å². The summed E-state index contributed by atoms with van der Waals surface area (Å²) in [7, 11) is 0. The Balaban J connectivity index is 1.68. The monoisotopic (exact) mass is 563 g/mol. The van der Waals surface area contributed by atoms with Crippen LogP contribution in [0.25, 0.3) is 10.8 Å². The van der Waals surface area contributed by atoms with Crippen LogP contribution in [0.1, 0.15) is 76.3 Å². The molecule has 0 aliphatic rings. The number of fused-ring (bicyclic) bond motifs is 1. The van der Waals surface area contributed by atoms with E-state index in [1.165, 1.54) is 41.0 Å². The van der Waals surface area contributed by atoms with E-state index in [2.05, 4.69) is 90.6 Å². The van der Waals surface area contributed by atoms with Gasteiger partial charge in [-0.1, -0.05) is 96.9 Å². The van der Waals surface area contributed by atoms with Gasteiger partial charge in [0.1, 0.15) is 18.1 Å². The molecule has 0 saturated heterocycles. The molecule has 0 bridgehead atoms. The summed E-state index contributed by atoms with van der Waals surface area (Å²) in [4.78, 5) is 23.0. The average molecular weight is 564 g/mol. The first-order valence-corrected chi connectivity index (χ1v) is 14.1. The third-order valence-electron chi connectivity index (χ3n) is 7.12. The minimum Gasteiger partial charge on any atom is -0.488 e. The number of aryl methyl sites for hydroxylation is 1. The van der Waals surface area contributed by atoms with Crippen LogP contribution in [-0.4, -0.2) is 10.9 Å². The number of non-ortho nitro benzene ring substituents is 1. The van der Waals surface area contributed by atoms with Gasteiger partial charge in [-0.3, -0.25) is 10.1 Å². The van der Waals surface area contributed by atoms with E-state index in [0.717, 1.165) is 22.8 Å². The number of nitro benzene ring substituents is 1. The number of nitro groups is 1. The summed E-state index contributed by atoms with van der Waals surface area (Å²) in [5, 5.41) is 12.8. The number of esters is 1. The third kappa shape index (κ3) is 7.36. The number of carbonyl (C=O) groups is 1. The standard InChI is InChI=1S/C36H37NO5/c1-8-24-9-15-31-26(19-24)10-17-33(32(31)16-18-34(38)42-30-13-11-29(12-14-30)37(39)40)41-23-25-20-27(35(2,3)4)22-28(21-25)36(5,6)7/h9-15,17,19-22H,8,23H2,1-7H3. The molecule has 6 heteroatoms. The van der Waals surface area contributed by atoms with E-state index in [0.29, 0.717) is 17.9 Å². The lowest BCUT2D eigenvalue weighted by molar-refractivity contribution is -0.384. The lowest BCUT2D eigenvalue weighted by Gasteiger charge is -2.26. The molecule has 0 aromatic heterocycles. The van der Waals surface area contributed by atoms with Crippen LogP contribution in [0, 0.1) is 22.0 Å². The van der Waals surface area contributed by atoms with Crippen molar-refractivity contribution in [3.63, 3.8) is 0 Å². The first-order valence-electron chi connectivity index (χ1n) is 14.1. The Morgan fingerprint density at radius 1 is 0.833 bits per heavy atom. The number of rotatable bonds is 6. The molecule has 0 atom stereocenters. The van der Waals surface area contributed by atoms with Gasteiger partial charge >= 0.3 is 5.97 Å². The third-order valence-corrected chi connectivity index (χ3v) is 7.12. The van der Waals surface area contributed by atoms with Gasteiger partial charge in [-0.15, -0.1) is 0 Å². The van der Waals surface area contributed by atoms with Crippen molar-refractivity contribution in [2.75, 3.05) is 0 Å². The normalized spacial score (nSPS) is 11.5. The van der Waals surface area contributed by atoms with Gasteiger partial charge in [0.2, 0.25) is 0 Å². The number of carbonyl (C=O) groups excluding carboxylic acids is 1. The summed E-state index contributed by atoms with van der Waals surface area (Å²) in [5.41, 5.74) is 5.21. The van der Waals surface area contributed by atoms with Gasteiger partial charge in [0.15, 0.2) is 0 Å². The quantitative estimate of drug-likeness (QED) is 0.0773. The molecule has 42 heavy (non-hydrogen) atoms. The van der Waals surface area contributed by atoms with Crippen LogP contribution in [0.2, 0.25) is 0 Å². The SMILES string of the molecule is CCc1ccc2c(C#CC(=O)Oc3ccc([N+](=O)[O-])cc3)c(OCc3cc(C(C)(C)C)cc(C(C)(C)C)c3)ccc2c1.